The first-order valence-electron chi connectivity index (χ1n) is 6.02. The van der Waals surface area contributed by atoms with Crippen molar-refractivity contribution in [3.63, 3.8) is 0 Å². The number of carbonyl (C=O) groups excluding carboxylic acids is 1. The average molecular weight is 235 g/mol. The molecule has 90 valence electrons. The zero-order chi connectivity index (χ0) is 11.4. The number of esters is 1. The van der Waals surface area contributed by atoms with Crippen LogP contribution < -0.4 is 0 Å². The fourth-order valence-electron chi connectivity index (χ4n) is 1.36. The van der Waals surface area contributed by atoms with Gasteiger partial charge < -0.3 is 4.74 Å². The predicted molar refractivity (Wildman–Crippen MR) is 64.3 cm³/mol. The Morgan fingerprint density at radius 3 is 2.27 bits per heavy atom. The van der Waals surface area contributed by atoms with Gasteiger partial charge in [-0.3, -0.25) is 4.79 Å². The van der Waals surface area contributed by atoms with Gasteiger partial charge in [0.05, 0.1) is 6.61 Å². The van der Waals surface area contributed by atoms with Crippen molar-refractivity contribution in [2.24, 2.45) is 0 Å². The van der Waals surface area contributed by atoms with Crippen LogP contribution in [-0.4, -0.2) is 18.5 Å². The Balaban J connectivity index is 3.06. The zero-order valence-corrected chi connectivity index (χ0v) is 10.5. The van der Waals surface area contributed by atoms with Gasteiger partial charge >= 0.3 is 5.97 Å². The van der Waals surface area contributed by atoms with Crippen molar-refractivity contribution in [1.29, 1.82) is 0 Å². The van der Waals surface area contributed by atoms with E-state index in [1.807, 2.05) is 6.92 Å². The summed E-state index contributed by atoms with van der Waals surface area (Å²) < 4.78 is 4.98. The molecule has 15 heavy (non-hydrogen) atoms. The smallest absolute Gasteiger partial charge is 0.305 e. The predicted octanol–water partition coefficient (Wildman–Crippen LogP) is 3.91. The molecule has 2 nitrogen and oxygen atoms in total. The largest absolute Gasteiger partial charge is 0.466 e. The van der Waals surface area contributed by atoms with E-state index in [0.717, 1.165) is 31.6 Å². The number of carbonyl (C=O) groups is 1. The molecule has 0 heterocycles. The fourth-order valence-corrected chi connectivity index (χ4v) is 1.55. The number of alkyl halides is 1. The van der Waals surface area contributed by atoms with E-state index in [1.165, 1.54) is 19.3 Å². The van der Waals surface area contributed by atoms with E-state index in [4.69, 9.17) is 16.3 Å². The van der Waals surface area contributed by atoms with Crippen LogP contribution >= 0.6 is 11.6 Å². The molecule has 0 unspecified atom stereocenters. The number of rotatable bonds is 10. The van der Waals surface area contributed by atoms with Crippen molar-refractivity contribution in [2.75, 3.05) is 12.5 Å². The molecule has 0 fully saturated rings. The minimum absolute atomic E-state index is 0.0439. The Morgan fingerprint density at radius 2 is 1.67 bits per heavy atom. The Hall–Kier alpha value is -0.240. The highest BCUT2D eigenvalue weighted by molar-refractivity contribution is 6.17. The molecule has 0 aromatic carbocycles. The van der Waals surface area contributed by atoms with Crippen LogP contribution in [0.25, 0.3) is 0 Å². The van der Waals surface area contributed by atoms with Crippen molar-refractivity contribution in [2.45, 2.75) is 58.3 Å². The molecule has 0 saturated heterocycles. The van der Waals surface area contributed by atoms with Crippen molar-refractivity contribution in [3.05, 3.63) is 0 Å². The minimum Gasteiger partial charge on any atom is -0.466 e. The second kappa shape index (κ2) is 11.8. The van der Waals surface area contributed by atoms with Gasteiger partial charge in [0.15, 0.2) is 0 Å². The van der Waals surface area contributed by atoms with Crippen molar-refractivity contribution < 1.29 is 9.53 Å². The lowest BCUT2D eigenvalue weighted by molar-refractivity contribution is -0.143. The van der Waals surface area contributed by atoms with Crippen LogP contribution in [0.4, 0.5) is 0 Å². The molecular formula is C12H23ClO2. The van der Waals surface area contributed by atoms with Crippen LogP contribution in [0.2, 0.25) is 0 Å². The third kappa shape index (κ3) is 11.7. The molecule has 0 aromatic heterocycles. The first-order chi connectivity index (χ1) is 7.31. The van der Waals surface area contributed by atoms with Crippen LogP contribution in [0.5, 0.6) is 0 Å². The van der Waals surface area contributed by atoms with E-state index >= 15 is 0 Å². The maximum absolute atomic E-state index is 11.1. The van der Waals surface area contributed by atoms with Gasteiger partial charge in [-0.1, -0.05) is 32.6 Å². The van der Waals surface area contributed by atoms with Gasteiger partial charge in [-0.05, 0) is 19.3 Å². The lowest BCUT2D eigenvalue weighted by atomic mass is 10.1. The quantitative estimate of drug-likeness (QED) is 0.326. The summed E-state index contributed by atoms with van der Waals surface area (Å²) in [5.41, 5.74) is 0. The molecule has 0 bridgehead atoms. The fraction of sp³-hybridized carbons (Fsp3) is 0.917. The topological polar surface area (TPSA) is 26.3 Å². The Kier molecular flexibility index (Phi) is 11.6. The zero-order valence-electron chi connectivity index (χ0n) is 9.77. The van der Waals surface area contributed by atoms with E-state index in [9.17, 15) is 4.79 Å². The Morgan fingerprint density at radius 1 is 1.07 bits per heavy atom. The van der Waals surface area contributed by atoms with Crippen LogP contribution in [-0.2, 0) is 9.53 Å². The molecule has 3 heteroatoms. The highest BCUT2D eigenvalue weighted by atomic mass is 35.5. The lowest BCUT2D eigenvalue weighted by Crippen LogP contribution is -2.04. The maximum Gasteiger partial charge on any atom is 0.305 e. The van der Waals surface area contributed by atoms with Crippen LogP contribution in [0.3, 0.4) is 0 Å². The summed E-state index contributed by atoms with van der Waals surface area (Å²) in [5.74, 6) is 0.723. The second-order valence-electron chi connectivity index (χ2n) is 3.78. The van der Waals surface area contributed by atoms with Crippen molar-refractivity contribution in [3.8, 4) is 0 Å². The SMILES string of the molecule is CCCOC(=O)CCCCCCCCCl. The molecular weight excluding hydrogens is 212 g/mol. The molecule has 0 amide bonds. The average Bonchev–Trinajstić information content (AvgIpc) is 2.25. The van der Waals surface area contributed by atoms with E-state index in [2.05, 4.69) is 0 Å². The maximum atomic E-state index is 11.1. The van der Waals surface area contributed by atoms with Gasteiger partial charge in [0.1, 0.15) is 0 Å². The van der Waals surface area contributed by atoms with Gasteiger partial charge in [-0.2, -0.15) is 0 Å². The third-order valence-electron chi connectivity index (χ3n) is 2.23. The molecule has 0 aliphatic heterocycles. The monoisotopic (exact) mass is 234 g/mol. The summed E-state index contributed by atoms with van der Waals surface area (Å²) >= 11 is 5.57. The lowest BCUT2D eigenvalue weighted by Gasteiger charge is -2.02. The molecule has 0 N–H and O–H groups in total. The second-order valence-corrected chi connectivity index (χ2v) is 4.16. The normalized spacial score (nSPS) is 10.3. The number of unbranched alkanes of at least 4 members (excludes halogenated alkanes) is 5. The van der Waals surface area contributed by atoms with Gasteiger partial charge in [-0.15, -0.1) is 11.6 Å². The summed E-state index contributed by atoms with van der Waals surface area (Å²) in [6, 6.07) is 0. The van der Waals surface area contributed by atoms with Gasteiger partial charge in [0, 0.05) is 12.3 Å². The number of hydrogen-bond acceptors (Lipinski definition) is 2. The van der Waals surface area contributed by atoms with Crippen LogP contribution in [0, 0.1) is 0 Å². The van der Waals surface area contributed by atoms with Crippen molar-refractivity contribution in [1.82, 2.24) is 0 Å². The highest BCUT2D eigenvalue weighted by Gasteiger charge is 2.00. The molecule has 0 rings (SSSR count). The third-order valence-corrected chi connectivity index (χ3v) is 2.50. The van der Waals surface area contributed by atoms with Crippen LogP contribution in [0.15, 0.2) is 0 Å². The van der Waals surface area contributed by atoms with E-state index < -0.39 is 0 Å². The molecule has 0 atom stereocenters. The molecule has 0 saturated carbocycles. The Bertz CT molecular complexity index is 149. The van der Waals surface area contributed by atoms with Gasteiger partial charge in [0.2, 0.25) is 0 Å². The van der Waals surface area contributed by atoms with E-state index in [1.54, 1.807) is 0 Å². The molecule has 0 aliphatic carbocycles. The first-order valence-corrected chi connectivity index (χ1v) is 6.56. The first kappa shape index (κ1) is 14.8. The molecule has 0 radical (unpaired) electrons. The summed E-state index contributed by atoms with van der Waals surface area (Å²) in [6.07, 6.45) is 8.34. The summed E-state index contributed by atoms with van der Waals surface area (Å²) in [7, 11) is 0. The minimum atomic E-state index is -0.0439. The molecule has 0 aromatic rings. The summed E-state index contributed by atoms with van der Waals surface area (Å²) in [4.78, 5) is 11.1. The van der Waals surface area contributed by atoms with Crippen molar-refractivity contribution >= 4 is 17.6 Å². The summed E-state index contributed by atoms with van der Waals surface area (Å²) in [6.45, 7) is 2.57. The summed E-state index contributed by atoms with van der Waals surface area (Å²) in [5, 5.41) is 0. The number of halogens is 1. The van der Waals surface area contributed by atoms with Gasteiger partial charge in [0.25, 0.3) is 0 Å². The van der Waals surface area contributed by atoms with Crippen LogP contribution in [0.1, 0.15) is 58.3 Å². The Labute approximate surface area is 98.3 Å². The van der Waals surface area contributed by atoms with E-state index in [0.29, 0.717) is 13.0 Å². The molecule has 0 spiro atoms. The van der Waals surface area contributed by atoms with Gasteiger partial charge in [-0.25, -0.2) is 0 Å². The standard InChI is InChI=1S/C12H23ClO2/c1-2-11-15-12(14)9-7-5-3-4-6-8-10-13/h2-11H2,1H3. The number of hydrogen-bond donors (Lipinski definition) is 0. The van der Waals surface area contributed by atoms with E-state index in [-0.39, 0.29) is 5.97 Å². The molecule has 0 aliphatic rings. The highest BCUT2D eigenvalue weighted by Crippen LogP contribution is 2.08. The number of ether oxygens (including phenoxy) is 1.